The summed E-state index contributed by atoms with van der Waals surface area (Å²) >= 11 is 7.85. The molecule has 1 aliphatic heterocycles. The van der Waals surface area contributed by atoms with Crippen molar-refractivity contribution in [3.63, 3.8) is 0 Å². The lowest BCUT2D eigenvalue weighted by Crippen LogP contribution is -2.28. The van der Waals surface area contributed by atoms with Gasteiger partial charge in [-0.05, 0) is 85.8 Å². The Hall–Kier alpha value is -4.53. The zero-order chi connectivity index (χ0) is 29.6. The third-order valence-electron chi connectivity index (χ3n) is 6.31. The molecule has 0 bridgehead atoms. The molecular formula is C33H28ClN3O4S. The second-order valence-corrected chi connectivity index (χ2v) is 11.0. The van der Waals surface area contributed by atoms with Crippen LogP contribution in [0.15, 0.2) is 101 Å². The quantitative estimate of drug-likeness (QED) is 0.210. The Morgan fingerprint density at radius 1 is 0.976 bits per heavy atom. The summed E-state index contributed by atoms with van der Waals surface area (Å²) in [7, 11) is 1.49. The molecular weight excluding hydrogens is 570 g/mol. The van der Waals surface area contributed by atoms with Gasteiger partial charge in [-0.3, -0.25) is 14.5 Å². The summed E-state index contributed by atoms with van der Waals surface area (Å²) in [5.74, 6) is 0.0249. The first-order chi connectivity index (χ1) is 20.3. The smallest absolute Gasteiger partial charge is 0.271 e. The summed E-state index contributed by atoms with van der Waals surface area (Å²) in [6, 6.07) is 28.0. The molecule has 9 heteroatoms. The highest BCUT2D eigenvalue weighted by molar-refractivity contribution is 8.19. The van der Waals surface area contributed by atoms with Crippen molar-refractivity contribution in [3.05, 3.63) is 118 Å². The van der Waals surface area contributed by atoms with E-state index in [0.717, 1.165) is 22.5 Å². The molecule has 7 nitrogen and oxygen atoms in total. The number of aryl methyl sites for hydroxylation is 2. The molecule has 1 aliphatic rings. The molecule has 0 radical (unpaired) electrons. The van der Waals surface area contributed by atoms with Crippen molar-refractivity contribution in [1.82, 2.24) is 0 Å². The van der Waals surface area contributed by atoms with Crippen LogP contribution in [0.25, 0.3) is 6.08 Å². The number of hydrogen-bond acceptors (Lipinski definition) is 6. The van der Waals surface area contributed by atoms with Crippen molar-refractivity contribution in [1.29, 1.82) is 0 Å². The zero-order valence-corrected chi connectivity index (χ0v) is 24.8. The molecule has 0 aliphatic carbocycles. The molecule has 1 N–H and O–H groups in total. The molecule has 42 heavy (non-hydrogen) atoms. The molecule has 0 atom stereocenters. The molecule has 1 heterocycles. The van der Waals surface area contributed by atoms with Crippen LogP contribution in [0, 0.1) is 13.8 Å². The summed E-state index contributed by atoms with van der Waals surface area (Å²) in [6.07, 6.45) is 1.74. The van der Waals surface area contributed by atoms with Crippen LogP contribution in [0.1, 0.15) is 16.7 Å². The summed E-state index contributed by atoms with van der Waals surface area (Å²) < 4.78 is 11.2. The van der Waals surface area contributed by atoms with Crippen molar-refractivity contribution in [3.8, 4) is 11.5 Å². The number of halogens is 1. The summed E-state index contributed by atoms with van der Waals surface area (Å²) in [5.41, 5.74) is 4.98. The minimum atomic E-state index is -0.338. The van der Waals surface area contributed by atoms with Gasteiger partial charge in [-0.1, -0.05) is 65.2 Å². The topological polar surface area (TPSA) is 80.2 Å². The number of hydrogen-bond donors (Lipinski definition) is 1. The van der Waals surface area contributed by atoms with E-state index in [0.29, 0.717) is 27.1 Å². The van der Waals surface area contributed by atoms with E-state index < -0.39 is 0 Å². The van der Waals surface area contributed by atoms with Crippen LogP contribution in [0.3, 0.4) is 0 Å². The molecule has 0 unspecified atom stereocenters. The van der Waals surface area contributed by atoms with Gasteiger partial charge in [0, 0.05) is 5.69 Å². The maximum atomic E-state index is 13.7. The number of amidine groups is 1. The van der Waals surface area contributed by atoms with Crippen LogP contribution in [0.5, 0.6) is 11.5 Å². The van der Waals surface area contributed by atoms with E-state index in [1.807, 2.05) is 80.6 Å². The average molecular weight is 598 g/mol. The first-order valence-corrected chi connectivity index (χ1v) is 14.3. The number of ether oxygens (including phenoxy) is 2. The number of carbonyl (C=O) groups excluding carboxylic acids is 2. The van der Waals surface area contributed by atoms with Crippen molar-refractivity contribution >= 4 is 63.5 Å². The van der Waals surface area contributed by atoms with Gasteiger partial charge in [-0.25, -0.2) is 4.99 Å². The predicted molar refractivity (Wildman–Crippen MR) is 171 cm³/mol. The Kier molecular flexibility index (Phi) is 8.95. The number of aliphatic imine (C=N–C) groups is 1. The highest BCUT2D eigenvalue weighted by Crippen LogP contribution is 2.40. The Labute approximate surface area is 253 Å². The predicted octanol–water partition coefficient (Wildman–Crippen LogP) is 7.79. The van der Waals surface area contributed by atoms with Crippen molar-refractivity contribution in [2.24, 2.45) is 4.99 Å². The van der Waals surface area contributed by atoms with Crippen LogP contribution in [-0.2, 0) is 9.59 Å². The number of amides is 2. The second kappa shape index (κ2) is 13.0. The molecule has 1 fully saturated rings. The first kappa shape index (κ1) is 29.0. The van der Waals surface area contributed by atoms with E-state index in [9.17, 15) is 9.59 Å². The maximum absolute atomic E-state index is 13.7. The largest absolute Gasteiger partial charge is 0.493 e. The number of nitrogens with zero attached hydrogens (tertiary/aromatic N) is 2. The van der Waals surface area contributed by atoms with E-state index in [1.54, 1.807) is 35.2 Å². The molecule has 0 saturated carbocycles. The lowest BCUT2D eigenvalue weighted by Gasteiger charge is -2.16. The van der Waals surface area contributed by atoms with Gasteiger partial charge in [0.25, 0.3) is 11.8 Å². The van der Waals surface area contributed by atoms with Gasteiger partial charge in [-0.15, -0.1) is 0 Å². The fourth-order valence-corrected chi connectivity index (χ4v) is 5.45. The fourth-order valence-electron chi connectivity index (χ4n) is 4.17. The third kappa shape index (κ3) is 6.84. The van der Waals surface area contributed by atoms with E-state index >= 15 is 0 Å². The van der Waals surface area contributed by atoms with Gasteiger partial charge in [0.2, 0.25) is 0 Å². The number of benzene rings is 4. The van der Waals surface area contributed by atoms with Crippen LogP contribution >= 0.6 is 23.4 Å². The minimum Gasteiger partial charge on any atom is -0.493 e. The first-order valence-electron chi connectivity index (χ1n) is 13.1. The summed E-state index contributed by atoms with van der Waals surface area (Å²) in [6.45, 7) is 3.75. The molecule has 0 aromatic heterocycles. The Balaban J connectivity index is 1.41. The Morgan fingerprint density at radius 2 is 1.64 bits per heavy atom. The van der Waals surface area contributed by atoms with Crippen molar-refractivity contribution < 1.29 is 19.1 Å². The maximum Gasteiger partial charge on any atom is 0.271 e. The second-order valence-electron chi connectivity index (χ2n) is 9.55. The van der Waals surface area contributed by atoms with Gasteiger partial charge < -0.3 is 14.8 Å². The number of rotatable bonds is 8. The van der Waals surface area contributed by atoms with Crippen LogP contribution in [0.2, 0.25) is 5.02 Å². The van der Waals surface area contributed by atoms with Crippen molar-refractivity contribution in [2.45, 2.75) is 13.8 Å². The number of para-hydroxylation sites is 1. The highest BCUT2D eigenvalue weighted by atomic mass is 35.5. The van der Waals surface area contributed by atoms with E-state index in [4.69, 9.17) is 26.1 Å². The van der Waals surface area contributed by atoms with Gasteiger partial charge in [0.1, 0.15) is 0 Å². The lowest BCUT2D eigenvalue weighted by molar-refractivity contribution is -0.118. The molecule has 2 amide bonds. The molecule has 1 saturated heterocycles. The van der Waals surface area contributed by atoms with Gasteiger partial charge in [0.15, 0.2) is 23.3 Å². The third-order valence-corrected chi connectivity index (χ3v) is 7.56. The molecule has 5 rings (SSSR count). The molecule has 4 aromatic carbocycles. The average Bonchev–Trinajstić information content (AvgIpc) is 3.28. The number of nitrogens with one attached hydrogen (secondary N) is 1. The standard InChI is InChI=1S/C33H28ClN3O4S/c1-21-9-13-25(14-10-21)36-33-37(26-15-11-22(2)12-16-26)32(39)29(42-33)19-23-17-27(34)31(28(18-23)40-3)41-20-30(38)35-24-7-5-4-6-8-24/h4-19H,20H2,1-3H3,(H,35,38)/b29-19-,36-33?. The Bertz CT molecular complexity index is 1670. The fraction of sp³-hybridized carbons (Fsp3) is 0.121. The Morgan fingerprint density at radius 3 is 2.31 bits per heavy atom. The van der Waals surface area contributed by atoms with Crippen LogP contribution in [0.4, 0.5) is 17.1 Å². The van der Waals surface area contributed by atoms with Gasteiger partial charge in [0.05, 0.1) is 28.4 Å². The van der Waals surface area contributed by atoms with E-state index in [2.05, 4.69) is 5.32 Å². The molecule has 212 valence electrons. The number of anilines is 2. The highest BCUT2D eigenvalue weighted by Gasteiger charge is 2.35. The van der Waals surface area contributed by atoms with Crippen LogP contribution in [-0.4, -0.2) is 30.7 Å². The SMILES string of the molecule is COc1cc(/C=C2\SC(=Nc3ccc(C)cc3)N(c3ccc(C)cc3)C2=O)cc(Cl)c1OCC(=O)Nc1ccccc1. The zero-order valence-electron chi connectivity index (χ0n) is 23.3. The van der Waals surface area contributed by atoms with Gasteiger partial charge in [-0.2, -0.15) is 0 Å². The monoisotopic (exact) mass is 597 g/mol. The van der Waals surface area contributed by atoms with Crippen LogP contribution < -0.4 is 19.7 Å². The van der Waals surface area contributed by atoms with E-state index in [-0.39, 0.29) is 29.2 Å². The minimum absolute atomic E-state index is 0.206. The number of carbonyl (C=O) groups is 2. The normalized spacial score (nSPS) is 14.9. The number of thioether (sulfide) groups is 1. The van der Waals surface area contributed by atoms with Crippen molar-refractivity contribution in [2.75, 3.05) is 23.9 Å². The van der Waals surface area contributed by atoms with Gasteiger partial charge >= 0.3 is 0 Å². The number of methoxy groups -OCH3 is 1. The summed E-state index contributed by atoms with van der Waals surface area (Å²) in [5, 5.41) is 3.55. The summed E-state index contributed by atoms with van der Waals surface area (Å²) in [4.78, 5) is 33.0. The molecule has 0 spiro atoms. The molecule has 4 aromatic rings. The lowest BCUT2D eigenvalue weighted by atomic mass is 10.1. The van der Waals surface area contributed by atoms with E-state index in [1.165, 1.54) is 18.9 Å².